The number of benzene rings is 2. The van der Waals surface area contributed by atoms with Gasteiger partial charge < -0.3 is 19.7 Å². The molecular formula is C19H16F2N2O3. The summed E-state index contributed by atoms with van der Waals surface area (Å²) in [5, 5.41) is 12.5. The van der Waals surface area contributed by atoms with Gasteiger partial charge in [-0.3, -0.25) is 0 Å². The third-order valence-corrected chi connectivity index (χ3v) is 3.74. The minimum absolute atomic E-state index is 0.0533. The zero-order chi connectivity index (χ0) is 18.5. The second-order valence-electron chi connectivity index (χ2n) is 5.62. The summed E-state index contributed by atoms with van der Waals surface area (Å²) >= 11 is 0. The molecule has 1 heterocycles. The molecule has 7 heteroatoms. The van der Waals surface area contributed by atoms with Crippen LogP contribution >= 0.6 is 0 Å². The predicted molar refractivity (Wildman–Crippen MR) is 91.4 cm³/mol. The van der Waals surface area contributed by atoms with Crippen LogP contribution in [0.25, 0.3) is 0 Å². The zero-order valence-corrected chi connectivity index (χ0v) is 13.7. The Hall–Kier alpha value is -3.35. The number of nitrogens with zero attached hydrogens (tertiary/aromatic N) is 1. The van der Waals surface area contributed by atoms with Crippen LogP contribution in [-0.4, -0.2) is 16.0 Å². The highest BCUT2D eigenvalue weighted by atomic mass is 19.2. The summed E-state index contributed by atoms with van der Waals surface area (Å²) in [7, 11) is 0. The van der Waals surface area contributed by atoms with Crippen LogP contribution in [0.4, 0.5) is 19.3 Å². The van der Waals surface area contributed by atoms with Crippen LogP contribution in [0.15, 0.2) is 65.3 Å². The summed E-state index contributed by atoms with van der Waals surface area (Å²) in [6.45, 7) is 0.236. The quantitative estimate of drug-likeness (QED) is 0.706. The number of urea groups is 1. The molecule has 26 heavy (non-hydrogen) atoms. The molecule has 0 saturated heterocycles. The summed E-state index contributed by atoms with van der Waals surface area (Å²) in [4.78, 5) is 14.0. The molecule has 0 saturated carbocycles. The third-order valence-electron chi connectivity index (χ3n) is 3.74. The summed E-state index contributed by atoms with van der Waals surface area (Å²) in [6, 6.07) is 12.6. The number of para-hydroxylation sites is 1. The Balaban J connectivity index is 1.80. The smallest absolute Gasteiger partial charge is 0.322 e. The molecule has 0 bridgehead atoms. The van der Waals surface area contributed by atoms with Crippen LogP contribution in [0.2, 0.25) is 0 Å². The molecular weight excluding hydrogens is 342 g/mol. The number of amides is 2. The number of aromatic hydroxyl groups is 1. The molecule has 0 radical (unpaired) electrons. The summed E-state index contributed by atoms with van der Waals surface area (Å²) in [6.07, 6.45) is 1.49. The number of rotatable bonds is 5. The largest absolute Gasteiger partial charge is 0.508 e. The molecule has 2 amide bonds. The van der Waals surface area contributed by atoms with Crippen molar-refractivity contribution in [1.82, 2.24) is 4.90 Å². The Kier molecular flexibility index (Phi) is 5.17. The van der Waals surface area contributed by atoms with Crippen molar-refractivity contribution in [3.05, 3.63) is 83.8 Å². The third kappa shape index (κ3) is 4.18. The van der Waals surface area contributed by atoms with Crippen LogP contribution < -0.4 is 5.32 Å². The summed E-state index contributed by atoms with van der Waals surface area (Å²) in [5.41, 5.74) is 0.662. The lowest BCUT2D eigenvalue weighted by Crippen LogP contribution is -2.34. The molecule has 3 rings (SSSR count). The number of nitrogens with one attached hydrogen (secondary N) is 1. The number of hydrogen-bond acceptors (Lipinski definition) is 3. The molecule has 5 nitrogen and oxygen atoms in total. The minimum Gasteiger partial charge on any atom is -0.508 e. The van der Waals surface area contributed by atoms with E-state index in [0.717, 1.165) is 12.1 Å². The second kappa shape index (κ2) is 7.69. The Morgan fingerprint density at radius 2 is 1.85 bits per heavy atom. The molecule has 0 spiro atoms. The van der Waals surface area contributed by atoms with Gasteiger partial charge in [-0.1, -0.05) is 18.2 Å². The fourth-order valence-corrected chi connectivity index (χ4v) is 2.42. The van der Waals surface area contributed by atoms with E-state index >= 15 is 0 Å². The molecule has 0 aliphatic rings. The van der Waals surface area contributed by atoms with E-state index in [0.29, 0.717) is 11.3 Å². The lowest BCUT2D eigenvalue weighted by Gasteiger charge is -2.23. The number of anilines is 1. The summed E-state index contributed by atoms with van der Waals surface area (Å²) in [5.74, 6) is -1.45. The predicted octanol–water partition coefficient (Wildman–Crippen LogP) is 4.50. The molecule has 2 aromatic carbocycles. The first-order valence-electron chi connectivity index (χ1n) is 7.83. The number of phenolic OH excluding ortho intramolecular Hbond substituents is 1. The number of carbonyl (C=O) groups excluding carboxylic acids is 1. The Labute approximate surface area is 148 Å². The van der Waals surface area contributed by atoms with Gasteiger partial charge >= 0.3 is 6.03 Å². The molecule has 1 aromatic heterocycles. The second-order valence-corrected chi connectivity index (χ2v) is 5.62. The molecule has 0 atom stereocenters. The first kappa shape index (κ1) is 17.5. The van der Waals surface area contributed by atoms with Gasteiger partial charge in [0.2, 0.25) is 0 Å². The molecule has 0 fully saturated rings. The number of halogens is 2. The minimum atomic E-state index is -1.05. The normalized spacial score (nSPS) is 10.5. The fourth-order valence-electron chi connectivity index (χ4n) is 2.42. The summed E-state index contributed by atoms with van der Waals surface area (Å²) < 4.78 is 31.7. The van der Waals surface area contributed by atoms with E-state index in [9.17, 15) is 18.7 Å². The van der Waals surface area contributed by atoms with Crippen molar-refractivity contribution in [3.8, 4) is 5.75 Å². The molecule has 2 N–H and O–H groups in total. The monoisotopic (exact) mass is 358 g/mol. The Bertz CT molecular complexity index is 898. The highest BCUT2D eigenvalue weighted by Crippen LogP contribution is 2.21. The van der Waals surface area contributed by atoms with Crippen LogP contribution in [0.3, 0.4) is 0 Å². The van der Waals surface area contributed by atoms with Gasteiger partial charge in [0.1, 0.15) is 11.5 Å². The first-order chi connectivity index (χ1) is 12.5. The van der Waals surface area contributed by atoms with E-state index in [4.69, 9.17) is 4.42 Å². The van der Waals surface area contributed by atoms with E-state index < -0.39 is 17.7 Å². The Morgan fingerprint density at radius 1 is 1.04 bits per heavy atom. The van der Waals surface area contributed by atoms with Crippen LogP contribution in [0.1, 0.15) is 11.3 Å². The maximum atomic E-state index is 13.3. The van der Waals surface area contributed by atoms with Crippen molar-refractivity contribution in [2.75, 3.05) is 5.32 Å². The van der Waals surface area contributed by atoms with Gasteiger partial charge in [-0.2, -0.15) is 0 Å². The average molecular weight is 358 g/mol. The van der Waals surface area contributed by atoms with Crippen molar-refractivity contribution >= 4 is 11.7 Å². The molecule has 0 aliphatic heterocycles. The van der Waals surface area contributed by atoms with E-state index in [1.165, 1.54) is 23.3 Å². The lowest BCUT2D eigenvalue weighted by molar-refractivity contribution is 0.200. The van der Waals surface area contributed by atoms with Gasteiger partial charge in [0.15, 0.2) is 11.6 Å². The topological polar surface area (TPSA) is 65.7 Å². The van der Waals surface area contributed by atoms with E-state index in [1.54, 1.807) is 30.3 Å². The molecule has 0 unspecified atom stereocenters. The van der Waals surface area contributed by atoms with Crippen LogP contribution in [0.5, 0.6) is 5.75 Å². The van der Waals surface area contributed by atoms with Gasteiger partial charge in [0, 0.05) is 17.3 Å². The number of hydrogen-bond donors (Lipinski definition) is 2. The molecule has 0 aliphatic carbocycles. The van der Waals surface area contributed by atoms with Crippen molar-refractivity contribution in [3.63, 3.8) is 0 Å². The van der Waals surface area contributed by atoms with Gasteiger partial charge in [0.25, 0.3) is 0 Å². The van der Waals surface area contributed by atoms with Crippen LogP contribution in [-0.2, 0) is 13.1 Å². The van der Waals surface area contributed by atoms with Crippen LogP contribution in [0, 0.1) is 11.6 Å². The average Bonchev–Trinajstić information content (AvgIpc) is 3.12. The highest BCUT2D eigenvalue weighted by Gasteiger charge is 2.18. The molecule has 3 aromatic rings. The van der Waals surface area contributed by atoms with E-state index in [2.05, 4.69) is 5.32 Å². The van der Waals surface area contributed by atoms with Gasteiger partial charge in [-0.15, -0.1) is 0 Å². The fraction of sp³-hybridized carbons (Fsp3) is 0.105. The number of carbonyl (C=O) groups is 1. The first-order valence-corrected chi connectivity index (χ1v) is 7.83. The van der Waals surface area contributed by atoms with Crippen molar-refractivity contribution in [1.29, 1.82) is 0 Å². The SMILES string of the molecule is O=C(Nc1ccc(F)c(F)c1)N(Cc1ccco1)Cc1ccccc1O. The standard InChI is InChI=1S/C19H16F2N2O3/c20-16-8-7-14(10-17(16)21)22-19(25)23(12-15-5-3-9-26-15)11-13-4-1-2-6-18(13)24/h1-10,24H,11-12H2,(H,22,25). The van der Waals surface area contributed by atoms with Crippen molar-refractivity contribution < 1.29 is 23.1 Å². The maximum Gasteiger partial charge on any atom is 0.322 e. The lowest BCUT2D eigenvalue weighted by atomic mass is 10.2. The van der Waals surface area contributed by atoms with Gasteiger partial charge in [-0.25, -0.2) is 13.6 Å². The van der Waals surface area contributed by atoms with Crippen molar-refractivity contribution in [2.24, 2.45) is 0 Å². The van der Waals surface area contributed by atoms with Crippen molar-refractivity contribution in [2.45, 2.75) is 13.1 Å². The van der Waals surface area contributed by atoms with Gasteiger partial charge in [-0.05, 0) is 30.3 Å². The highest BCUT2D eigenvalue weighted by molar-refractivity contribution is 5.89. The Morgan fingerprint density at radius 3 is 2.54 bits per heavy atom. The van der Waals surface area contributed by atoms with E-state index in [1.807, 2.05) is 0 Å². The molecule has 134 valence electrons. The maximum absolute atomic E-state index is 13.3. The van der Waals surface area contributed by atoms with E-state index in [-0.39, 0.29) is 24.5 Å². The van der Waals surface area contributed by atoms with Gasteiger partial charge in [0.05, 0.1) is 19.4 Å². The number of furan rings is 1. The zero-order valence-electron chi connectivity index (χ0n) is 13.7. The number of phenols is 1.